The Labute approximate surface area is 285 Å². The zero-order valence-electron chi connectivity index (χ0n) is 28.7. The lowest BCUT2D eigenvalue weighted by molar-refractivity contribution is -0.150. The molecule has 0 aliphatic heterocycles. The van der Waals surface area contributed by atoms with E-state index in [1.807, 2.05) is 0 Å². The highest BCUT2D eigenvalue weighted by Crippen LogP contribution is 2.19. The highest BCUT2D eigenvalue weighted by Gasteiger charge is 2.22. The van der Waals surface area contributed by atoms with Gasteiger partial charge in [-0.05, 0) is 70.6 Å². The van der Waals surface area contributed by atoms with Gasteiger partial charge in [-0.3, -0.25) is 28.8 Å². The number of carbonyl (C=O) groups is 6. The zero-order chi connectivity index (χ0) is 36.0. The second-order valence-electron chi connectivity index (χ2n) is 11.4. The summed E-state index contributed by atoms with van der Waals surface area (Å²) in [6.07, 6.45) is 10.3. The monoisotopic (exact) mass is 680 g/mol. The number of ether oxygens (including phenoxy) is 5. The lowest BCUT2D eigenvalue weighted by Crippen LogP contribution is -2.21. The lowest BCUT2D eigenvalue weighted by atomic mass is 9.99. The predicted molar refractivity (Wildman–Crippen MR) is 178 cm³/mol. The Kier molecular flexibility index (Phi) is 27.0. The van der Waals surface area contributed by atoms with E-state index in [-0.39, 0.29) is 94.3 Å². The maximum absolute atomic E-state index is 12.7. The summed E-state index contributed by atoms with van der Waals surface area (Å²) in [5, 5.41) is 8.69. The van der Waals surface area contributed by atoms with E-state index in [2.05, 4.69) is 19.7 Å². The van der Waals surface area contributed by atoms with Crippen molar-refractivity contribution in [1.29, 1.82) is 0 Å². The molecule has 0 aromatic heterocycles. The zero-order valence-corrected chi connectivity index (χ0v) is 28.7. The normalized spacial score (nSPS) is 12.5. The minimum absolute atomic E-state index is 0.0228. The third kappa shape index (κ3) is 22.7. The van der Waals surface area contributed by atoms with Crippen LogP contribution in [0, 0.1) is 17.8 Å². The van der Waals surface area contributed by atoms with Crippen molar-refractivity contribution >= 4 is 35.6 Å². The van der Waals surface area contributed by atoms with Crippen LogP contribution in [0.15, 0.2) is 38.0 Å². The molecule has 0 heterocycles. The summed E-state index contributed by atoms with van der Waals surface area (Å²) in [7, 11) is 1.34. The summed E-state index contributed by atoms with van der Waals surface area (Å²) >= 11 is 0. The van der Waals surface area contributed by atoms with Gasteiger partial charge in [0, 0.05) is 25.9 Å². The first kappa shape index (κ1) is 44.2. The number of hydrogen-bond donors (Lipinski definition) is 1. The molecule has 0 aromatic rings. The number of ketones is 1. The molecule has 0 saturated heterocycles. The molecule has 3 unspecified atom stereocenters. The summed E-state index contributed by atoms with van der Waals surface area (Å²) in [6, 6.07) is 0. The van der Waals surface area contributed by atoms with Gasteiger partial charge >= 0.3 is 29.8 Å². The predicted octanol–water partition coefficient (Wildman–Crippen LogP) is 5.15. The van der Waals surface area contributed by atoms with Crippen LogP contribution in [-0.4, -0.2) is 80.9 Å². The fourth-order valence-corrected chi connectivity index (χ4v) is 4.72. The molecule has 0 aliphatic rings. The van der Waals surface area contributed by atoms with Crippen LogP contribution in [0.1, 0.15) is 96.3 Å². The number of aliphatic hydroxyl groups excluding tert-OH is 1. The molecular formula is C36H56O12. The molecule has 272 valence electrons. The van der Waals surface area contributed by atoms with Crippen molar-refractivity contribution in [2.24, 2.45) is 17.8 Å². The maximum atomic E-state index is 12.7. The van der Waals surface area contributed by atoms with Gasteiger partial charge < -0.3 is 28.8 Å². The smallest absolute Gasteiger partial charge is 0.309 e. The van der Waals surface area contributed by atoms with Crippen LogP contribution in [0.2, 0.25) is 0 Å². The lowest BCUT2D eigenvalue weighted by Gasteiger charge is -2.17. The van der Waals surface area contributed by atoms with E-state index >= 15 is 0 Å². The van der Waals surface area contributed by atoms with Gasteiger partial charge in [-0.1, -0.05) is 18.2 Å². The quantitative estimate of drug-likeness (QED) is 0.0443. The van der Waals surface area contributed by atoms with Crippen LogP contribution in [0.5, 0.6) is 0 Å². The van der Waals surface area contributed by atoms with E-state index in [1.165, 1.54) is 7.11 Å². The van der Waals surface area contributed by atoms with Crippen LogP contribution in [-0.2, 0) is 52.5 Å². The van der Waals surface area contributed by atoms with Gasteiger partial charge in [0.05, 0.1) is 57.7 Å². The molecule has 0 radical (unpaired) electrons. The molecule has 0 amide bonds. The van der Waals surface area contributed by atoms with Crippen molar-refractivity contribution in [1.82, 2.24) is 0 Å². The van der Waals surface area contributed by atoms with Crippen molar-refractivity contribution in [3.8, 4) is 0 Å². The Morgan fingerprint density at radius 1 is 0.542 bits per heavy atom. The van der Waals surface area contributed by atoms with E-state index in [4.69, 9.17) is 28.8 Å². The maximum Gasteiger partial charge on any atom is 0.309 e. The van der Waals surface area contributed by atoms with Gasteiger partial charge in [0.2, 0.25) is 0 Å². The second kappa shape index (κ2) is 29.3. The number of carbonyl (C=O) groups excluding carboxylic acids is 6. The molecule has 0 aliphatic carbocycles. The van der Waals surface area contributed by atoms with E-state index in [0.29, 0.717) is 70.6 Å². The number of unbranched alkanes of at least 4 members (excludes halogenated alkanes) is 1. The summed E-state index contributed by atoms with van der Waals surface area (Å²) in [5.74, 6) is -3.30. The summed E-state index contributed by atoms with van der Waals surface area (Å²) in [5.41, 5.74) is 0. The summed E-state index contributed by atoms with van der Waals surface area (Å²) in [4.78, 5) is 72.1. The van der Waals surface area contributed by atoms with Crippen LogP contribution in [0.25, 0.3) is 0 Å². The fraction of sp³-hybridized carbons (Fsp3) is 0.667. The molecule has 0 bridgehead atoms. The van der Waals surface area contributed by atoms with Crippen LogP contribution in [0.3, 0.4) is 0 Å². The summed E-state index contributed by atoms with van der Waals surface area (Å²) < 4.78 is 26.0. The molecule has 0 aromatic carbocycles. The molecule has 0 spiro atoms. The molecule has 0 rings (SSSR count). The van der Waals surface area contributed by atoms with Gasteiger partial charge in [0.1, 0.15) is 5.78 Å². The largest absolute Gasteiger partial charge is 0.469 e. The minimum Gasteiger partial charge on any atom is -0.469 e. The first-order valence-corrected chi connectivity index (χ1v) is 16.8. The third-order valence-corrected chi connectivity index (χ3v) is 7.43. The van der Waals surface area contributed by atoms with Gasteiger partial charge in [0.25, 0.3) is 0 Å². The van der Waals surface area contributed by atoms with Gasteiger partial charge in [-0.15, -0.1) is 19.7 Å². The third-order valence-electron chi connectivity index (χ3n) is 7.43. The van der Waals surface area contributed by atoms with Crippen molar-refractivity contribution in [2.45, 2.75) is 96.3 Å². The molecular weight excluding hydrogens is 624 g/mol. The summed E-state index contributed by atoms with van der Waals surface area (Å²) in [6.45, 7) is 11.5. The Hall–Kier alpha value is -3.80. The minimum atomic E-state index is -0.493. The molecule has 0 fully saturated rings. The Bertz CT molecular complexity index is 1000. The number of rotatable bonds is 31. The number of methoxy groups -OCH3 is 1. The average Bonchev–Trinajstić information content (AvgIpc) is 3.07. The Morgan fingerprint density at radius 2 is 0.958 bits per heavy atom. The van der Waals surface area contributed by atoms with Gasteiger partial charge in [0.15, 0.2) is 0 Å². The van der Waals surface area contributed by atoms with E-state index in [9.17, 15) is 28.8 Å². The van der Waals surface area contributed by atoms with Crippen molar-refractivity contribution in [3.05, 3.63) is 38.0 Å². The van der Waals surface area contributed by atoms with Crippen molar-refractivity contribution < 1.29 is 57.6 Å². The van der Waals surface area contributed by atoms with Crippen molar-refractivity contribution in [2.75, 3.05) is 40.1 Å². The number of allylic oxidation sites excluding steroid dienone is 3. The van der Waals surface area contributed by atoms with Crippen LogP contribution < -0.4 is 0 Å². The number of Topliss-reactive ketones (excluding diaryl/α,β-unsaturated/α-hetero) is 1. The van der Waals surface area contributed by atoms with Crippen LogP contribution >= 0.6 is 0 Å². The number of esters is 5. The van der Waals surface area contributed by atoms with Gasteiger partial charge in [-0.2, -0.15) is 0 Å². The topological polar surface area (TPSA) is 169 Å². The first-order chi connectivity index (χ1) is 23.1. The van der Waals surface area contributed by atoms with Gasteiger partial charge in [-0.25, -0.2) is 0 Å². The fourth-order valence-electron chi connectivity index (χ4n) is 4.72. The highest BCUT2D eigenvalue weighted by atomic mass is 16.5. The second-order valence-corrected chi connectivity index (χ2v) is 11.4. The molecule has 3 atom stereocenters. The number of aliphatic hydroxyl groups is 1. The van der Waals surface area contributed by atoms with E-state index in [1.54, 1.807) is 18.2 Å². The van der Waals surface area contributed by atoms with Crippen molar-refractivity contribution in [3.63, 3.8) is 0 Å². The first-order valence-electron chi connectivity index (χ1n) is 16.8. The molecule has 48 heavy (non-hydrogen) atoms. The molecule has 12 heteroatoms. The average molecular weight is 681 g/mol. The molecule has 0 saturated carbocycles. The van der Waals surface area contributed by atoms with Crippen LogP contribution in [0.4, 0.5) is 0 Å². The highest BCUT2D eigenvalue weighted by molar-refractivity contribution is 5.83. The Balaban J connectivity index is 4.29. The Morgan fingerprint density at radius 3 is 1.40 bits per heavy atom. The van der Waals surface area contributed by atoms with E-state index in [0.717, 1.165) is 0 Å². The SMILES string of the molecule is C=CCC(CCCOC(=O)C(CC=C)CCCOC(=O)C(CC=C)CCCOC(=O)CCCCOC(=O)CCC(=O)CCO)C(=O)OC. The molecule has 1 N–H and O–H groups in total. The standard InChI is InChI=1S/C36H56O12/c1-5-13-28(34(41)44-4)16-11-26-47-36(43)30(15-7-3)18-12-27-48-35(42)29(14-6-2)17-10-25-46-32(39)19-8-9-24-45-33(40)21-20-31(38)22-23-37/h5-7,28-30,37H,1-3,8-27H2,4H3. The molecule has 12 nitrogen and oxygen atoms in total. The number of hydrogen-bond acceptors (Lipinski definition) is 12. The van der Waals surface area contributed by atoms with E-state index < -0.39 is 17.8 Å².